The van der Waals surface area contributed by atoms with Crippen LogP contribution < -0.4 is 5.32 Å². The Morgan fingerprint density at radius 2 is 1.50 bits per heavy atom. The standard InChI is InChI=1S/C16H33NO/c1-13(2)9-15(10-14(3)4)17-11-16(12-18)7-5-6-8-16/h13-15,17-18H,5-12H2,1-4H3. The van der Waals surface area contributed by atoms with Crippen LogP contribution in [0.3, 0.4) is 0 Å². The van der Waals surface area contributed by atoms with Crippen molar-refractivity contribution in [3.63, 3.8) is 0 Å². The zero-order valence-corrected chi connectivity index (χ0v) is 12.8. The van der Waals surface area contributed by atoms with Gasteiger partial charge in [0.2, 0.25) is 0 Å². The molecule has 2 heteroatoms. The molecule has 1 aliphatic carbocycles. The lowest BCUT2D eigenvalue weighted by Gasteiger charge is -2.31. The third-order valence-electron chi connectivity index (χ3n) is 4.28. The van der Waals surface area contributed by atoms with Crippen LogP contribution in [0.4, 0.5) is 0 Å². The molecule has 0 amide bonds. The van der Waals surface area contributed by atoms with Crippen LogP contribution in [0.2, 0.25) is 0 Å². The first kappa shape index (κ1) is 16.0. The maximum atomic E-state index is 9.65. The van der Waals surface area contributed by atoms with Crippen molar-refractivity contribution in [1.29, 1.82) is 0 Å². The molecule has 18 heavy (non-hydrogen) atoms. The van der Waals surface area contributed by atoms with Gasteiger partial charge in [-0.1, -0.05) is 40.5 Å². The molecular formula is C16H33NO. The van der Waals surface area contributed by atoms with Crippen LogP contribution in [0.25, 0.3) is 0 Å². The maximum absolute atomic E-state index is 9.65. The van der Waals surface area contributed by atoms with Crippen LogP contribution in [-0.4, -0.2) is 24.3 Å². The average molecular weight is 255 g/mol. The van der Waals surface area contributed by atoms with Gasteiger partial charge in [-0.3, -0.25) is 0 Å². The first-order valence-corrected chi connectivity index (χ1v) is 7.82. The minimum Gasteiger partial charge on any atom is -0.396 e. The van der Waals surface area contributed by atoms with E-state index in [1.807, 2.05) is 0 Å². The highest BCUT2D eigenvalue weighted by Crippen LogP contribution is 2.37. The van der Waals surface area contributed by atoms with Gasteiger partial charge in [-0.2, -0.15) is 0 Å². The summed E-state index contributed by atoms with van der Waals surface area (Å²) in [5, 5.41) is 13.4. The quantitative estimate of drug-likeness (QED) is 0.695. The molecule has 2 nitrogen and oxygen atoms in total. The summed E-state index contributed by atoms with van der Waals surface area (Å²) in [6.45, 7) is 10.6. The van der Waals surface area contributed by atoms with Gasteiger partial charge in [-0.05, 0) is 37.5 Å². The van der Waals surface area contributed by atoms with E-state index in [2.05, 4.69) is 33.0 Å². The second-order valence-corrected chi connectivity index (χ2v) is 7.20. The highest BCUT2D eigenvalue weighted by molar-refractivity contribution is 4.87. The normalized spacial score (nSPS) is 19.3. The van der Waals surface area contributed by atoms with Gasteiger partial charge in [-0.25, -0.2) is 0 Å². The molecule has 0 unspecified atom stereocenters. The molecule has 1 aliphatic rings. The Balaban J connectivity index is 2.44. The van der Waals surface area contributed by atoms with Crippen molar-refractivity contribution < 1.29 is 5.11 Å². The van der Waals surface area contributed by atoms with Gasteiger partial charge < -0.3 is 10.4 Å². The predicted molar refractivity (Wildman–Crippen MR) is 78.7 cm³/mol. The Bertz CT molecular complexity index is 209. The van der Waals surface area contributed by atoms with Gasteiger partial charge in [0.1, 0.15) is 0 Å². The van der Waals surface area contributed by atoms with E-state index in [1.165, 1.54) is 38.5 Å². The van der Waals surface area contributed by atoms with Gasteiger partial charge in [0, 0.05) is 24.6 Å². The van der Waals surface area contributed by atoms with Crippen LogP contribution in [0, 0.1) is 17.3 Å². The van der Waals surface area contributed by atoms with Crippen molar-refractivity contribution in [2.24, 2.45) is 17.3 Å². The van der Waals surface area contributed by atoms with E-state index >= 15 is 0 Å². The van der Waals surface area contributed by atoms with E-state index in [4.69, 9.17) is 0 Å². The lowest BCUT2D eigenvalue weighted by atomic mass is 9.86. The second kappa shape index (κ2) is 7.49. The topological polar surface area (TPSA) is 32.3 Å². The molecule has 1 saturated carbocycles. The van der Waals surface area contributed by atoms with E-state index in [9.17, 15) is 5.11 Å². The summed E-state index contributed by atoms with van der Waals surface area (Å²) in [5.41, 5.74) is 0.187. The van der Waals surface area contributed by atoms with Crippen molar-refractivity contribution in [2.75, 3.05) is 13.2 Å². The molecule has 0 spiro atoms. The Morgan fingerprint density at radius 1 is 1.00 bits per heavy atom. The third-order valence-corrected chi connectivity index (χ3v) is 4.28. The second-order valence-electron chi connectivity index (χ2n) is 7.20. The Kier molecular flexibility index (Phi) is 6.65. The van der Waals surface area contributed by atoms with Crippen molar-refractivity contribution in [3.05, 3.63) is 0 Å². The Hall–Kier alpha value is -0.0800. The summed E-state index contributed by atoms with van der Waals surface area (Å²) in [6.07, 6.45) is 7.49. The van der Waals surface area contributed by atoms with Crippen LogP contribution in [-0.2, 0) is 0 Å². The molecule has 1 fully saturated rings. The number of aliphatic hydroxyl groups is 1. The first-order valence-electron chi connectivity index (χ1n) is 7.82. The number of nitrogens with one attached hydrogen (secondary N) is 1. The molecule has 0 atom stereocenters. The van der Waals surface area contributed by atoms with Crippen LogP contribution in [0.5, 0.6) is 0 Å². The summed E-state index contributed by atoms with van der Waals surface area (Å²) in [4.78, 5) is 0. The molecule has 0 bridgehead atoms. The fourth-order valence-corrected chi connectivity index (χ4v) is 3.28. The summed E-state index contributed by atoms with van der Waals surface area (Å²) in [7, 11) is 0. The average Bonchev–Trinajstić information content (AvgIpc) is 2.74. The third kappa shape index (κ3) is 5.27. The molecule has 0 aliphatic heterocycles. The van der Waals surface area contributed by atoms with Crippen molar-refractivity contribution in [3.8, 4) is 0 Å². The van der Waals surface area contributed by atoms with Gasteiger partial charge in [0.15, 0.2) is 0 Å². The largest absolute Gasteiger partial charge is 0.396 e. The molecule has 0 aromatic carbocycles. The summed E-state index contributed by atoms with van der Waals surface area (Å²) in [6, 6.07) is 0.619. The number of hydrogen-bond acceptors (Lipinski definition) is 2. The highest BCUT2D eigenvalue weighted by Gasteiger charge is 2.33. The van der Waals surface area contributed by atoms with E-state index in [1.54, 1.807) is 0 Å². The van der Waals surface area contributed by atoms with Crippen LogP contribution in [0.1, 0.15) is 66.2 Å². The van der Waals surface area contributed by atoms with Crippen LogP contribution in [0.15, 0.2) is 0 Å². The zero-order chi connectivity index (χ0) is 13.6. The van der Waals surface area contributed by atoms with E-state index in [-0.39, 0.29) is 5.41 Å². The fourth-order valence-electron chi connectivity index (χ4n) is 3.28. The lowest BCUT2D eigenvalue weighted by molar-refractivity contribution is 0.122. The lowest BCUT2D eigenvalue weighted by Crippen LogP contribution is -2.41. The van der Waals surface area contributed by atoms with Gasteiger partial charge >= 0.3 is 0 Å². The molecule has 2 N–H and O–H groups in total. The van der Waals surface area contributed by atoms with Crippen LogP contribution >= 0.6 is 0 Å². The van der Waals surface area contributed by atoms with Crippen molar-refractivity contribution in [2.45, 2.75) is 72.3 Å². The van der Waals surface area contributed by atoms with Gasteiger partial charge in [-0.15, -0.1) is 0 Å². The predicted octanol–water partition coefficient (Wildman–Crippen LogP) is 3.59. The van der Waals surface area contributed by atoms with E-state index < -0.39 is 0 Å². The summed E-state index contributed by atoms with van der Waals surface area (Å²) < 4.78 is 0. The molecular weight excluding hydrogens is 222 g/mol. The fraction of sp³-hybridized carbons (Fsp3) is 1.00. The Labute approximate surface area is 114 Å². The molecule has 0 aromatic rings. The molecule has 108 valence electrons. The van der Waals surface area contributed by atoms with Crippen molar-refractivity contribution >= 4 is 0 Å². The smallest absolute Gasteiger partial charge is 0.0499 e. The molecule has 1 rings (SSSR count). The van der Waals surface area contributed by atoms with Gasteiger partial charge in [0.05, 0.1) is 0 Å². The number of rotatable bonds is 8. The summed E-state index contributed by atoms with van der Waals surface area (Å²) in [5.74, 6) is 1.49. The molecule has 0 heterocycles. The Morgan fingerprint density at radius 3 is 1.89 bits per heavy atom. The zero-order valence-electron chi connectivity index (χ0n) is 12.8. The molecule has 0 saturated heterocycles. The highest BCUT2D eigenvalue weighted by atomic mass is 16.3. The number of aliphatic hydroxyl groups excluding tert-OH is 1. The monoisotopic (exact) mass is 255 g/mol. The van der Waals surface area contributed by atoms with Gasteiger partial charge in [0.25, 0.3) is 0 Å². The van der Waals surface area contributed by atoms with E-state index in [0.717, 1.165) is 18.4 Å². The van der Waals surface area contributed by atoms with E-state index in [0.29, 0.717) is 12.6 Å². The summed E-state index contributed by atoms with van der Waals surface area (Å²) >= 11 is 0. The first-order chi connectivity index (χ1) is 8.47. The maximum Gasteiger partial charge on any atom is 0.0499 e. The minimum absolute atomic E-state index is 0.187. The number of hydrogen-bond donors (Lipinski definition) is 2. The van der Waals surface area contributed by atoms with Crippen molar-refractivity contribution in [1.82, 2.24) is 5.32 Å². The molecule has 0 radical (unpaired) electrons. The SMILES string of the molecule is CC(C)CC(CC(C)C)NCC1(CO)CCCC1. The minimum atomic E-state index is 0.187. The molecule has 0 aromatic heterocycles.